The van der Waals surface area contributed by atoms with Crippen molar-refractivity contribution >= 4 is 28.6 Å². The second-order valence-corrected chi connectivity index (χ2v) is 11.9. The molecule has 6 aromatic rings. The highest BCUT2D eigenvalue weighted by Gasteiger charge is 2.44. The fraction of sp³-hybridized carbons (Fsp3) is 0.212. The van der Waals surface area contributed by atoms with Crippen molar-refractivity contribution in [1.82, 2.24) is 29.6 Å². The molecule has 47 heavy (non-hydrogen) atoms. The number of aromatic amines is 1. The molecule has 0 bridgehead atoms. The van der Waals surface area contributed by atoms with Crippen LogP contribution in [0.25, 0.3) is 33.7 Å². The van der Waals surface area contributed by atoms with Crippen LogP contribution < -0.4 is 11.5 Å². The average molecular weight is 657 g/mol. The molecule has 1 amide bonds. The van der Waals surface area contributed by atoms with E-state index in [1.807, 2.05) is 0 Å². The zero-order chi connectivity index (χ0) is 32.4. The minimum Gasteiger partial charge on any atom is -0.408 e. The van der Waals surface area contributed by atoms with Crippen LogP contribution in [-0.4, -0.2) is 42.1 Å². The van der Waals surface area contributed by atoms with E-state index in [9.17, 15) is 23.2 Å². The minimum absolute atomic E-state index is 0.00283. The number of nitrogens with zero attached hydrogens (tertiary/aromatic N) is 5. The number of halogens is 3. The predicted molar refractivity (Wildman–Crippen MR) is 165 cm³/mol. The number of hydrogen-bond donors (Lipinski definition) is 1. The molecule has 1 atom stereocenters. The van der Waals surface area contributed by atoms with E-state index in [4.69, 9.17) is 25.4 Å². The highest BCUT2D eigenvalue weighted by atomic mass is 35.5. The van der Waals surface area contributed by atoms with Gasteiger partial charge in [0.15, 0.2) is 5.58 Å². The SMILES string of the molecule is O=C1c2c(nc(CCc3ccc(F)cc3)c(-c3n[nH]c(=O)o3)c2-c2ccc3c(c2)oc(=O)n3Cc2ncc(Cl)cc2F)[C@@H]2CCCN12. The molecular weight excluding hydrogens is 634 g/mol. The van der Waals surface area contributed by atoms with Crippen LogP contribution >= 0.6 is 11.6 Å². The predicted octanol–water partition coefficient (Wildman–Crippen LogP) is 5.45. The Hall–Kier alpha value is -5.43. The standard InChI is InChI=1S/C33H23ClF2N6O5/c34-18-13-20(36)22(37-14-18)15-42-23-10-6-17(12-25(23)46-33(42)45)26-27(30-39-40-32(44)47-30)21(9-5-16-3-7-19(35)8-4-16)38-29-24-2-1-11-41(24)31(43)28(26)29/h3-4,6-8,10,12-14,24H,1-2,5,9,11,15H2,(H,40,44)/t24-/m0/s1. The Labute approximate surface area is 268 Å². The van der Waals surface area contributed by atoms with E-state index in [1.165, 1.54) is 22.9 Å². The van der Waals surface area contributed by atoms with Crippen LogP contribution in [0.15, 0.2) is 73.2 Å². The Bertz CT molecular complexity index is 2350. The minimum atomic E-state index is -0.788. The van der Waals surface area contributed by atoms with Gasteiger partial charge in [-0.15, -0.1) is 5.10 Å². The first-order valence-electron chi connectivity index (χ1n) is 14.9. The number of carbonyl (C=O) groups excluding carboxylic acids is 1. The second-order valence-electron chi connectivity index (χ2n) is 11.5. The molecule has 0 aliphatic carbocycles. The van der Waals surface area contributed by atoms with Gasteiger partial charge in [0.05, 0.1) is 51.3 Å². The summed E-state index contributed by atoms with van der Waals surface area (Å²) >= 11 is 5.84. The van der Waals surface area contributed by atoms with Crippen LogP contribution in [0.5, 0.6) is 0 Å². The van der Waals surface area contributed by atoms with E-state index in [1.54, 1.807) is 35.2 Å². The van der Waals surface area contributed by atoms with Crippen LogP contribution in [0.3, 0.4) is 0 Å². The number of amides is 1. The van der Waals surface area contributed by atoms with E-state index >= 15 is 0 Å². The number of pyridine rings is 2. The molecule has 14 heteroatoms. The molecule has 4 aromatic heterocycles. The summed E-state index contributed by atoms with van der Waals surface area (Å²) < 4.78 is 40.5. The summed E-state index contributed by atoms with van der Waals surface area (Å²) in [5.74, 6) is -2.81. The number of H-pyrrole nitrogens is 1. The van der Waals surface area contributed by atoms with Crippen molar-refractivity contribution in [3.8, 4) is 22.6 Å². The zero-order valence-corrected chi connectivity index (χ0v) is 25.2. The van der Waals surface area contributed by atoms with Gasteiger partial charge in [-0.2, -0.15) is 0 Å². The summed E-state index contributed by atoms with van der Waals surface area (Å²) in [5.41, 5.74) is 4.18. The van der Waals surface area contributed by atoms with Crippen LogP contribution in [0.2, 0.25) is 5.02 Å². The van der Waals surface area contributed by atoms with Gasteiger partial charge in [-0.25, -0.2) is 23.5 Å². The average Bonchev–Trinajstić information content (AvgIpc) is 3.83. The normalized spacial score (nSPS) is 15.5. The Balaban J connectivity index is 1.32. The summed E-state index contributed by atoms with van der Waals surface area (Å²) in [6, 6.07) is 12.0. The van der Waals surface area contributed by atoms with Crippen LogP contribution in [0.1, 0.15) is 51.9 Å². The molecule has 0 spiro atoms. The Morgan fingerprint density at radius 2 is 1.79 bits per heavy atom. The number of nitrogens with one attached hydrogen (secondary N) is 1. The number of rotatable bonds is 7. The zero-order valence-electron chi connectivity index (χ0n) is 24.4. The lowest BCUT2D eigenvalue weighted by molar-refractivity contribution is 0.0776. The molecule has 8 rings (SSSR count). The summed E-state index contributed by atoms with van der Waals surface area (Å²) in [5, 5.41) is 6.54. The lowest BCUT2D eigenvalue weighted by Crippen LogP contribution is -2.23. The second kappa shape index (κ2) is 11.1. The lowest BCUT2D eigenvalue weighted by atomic mass is 9.89. The molecule has 236 valence electrons. The topological polar surface area (TPSA) is 140 Å². The smallest absolute Gasteiger partial charge is 0.408 e. The van der Waals surface area contributed by atoms with Crippen molar-refractivity contribution in [3.05, 3.63) is 121 Å². The molecule has 2 aliphatic heterocycles. The Kier molecular flexibility index (Phi) is 6.86. The van der Waals surface area contributed by atoms with Crippen molar-refractivity contribution in [3.63, 3.8) is 0 Å². The largest absolute Gasteiger partial charge is 0.434 e. The van der Waals surface area contributed by atoms with Crippen molar-refractivity contribution in [2.75, 3.05) is 6.54 Å². The first kappa shape index (κ1) is 29.0. The number of oxazole rings is 1. The molecule has 1 saturated heterocycles. The van der Waals surface area contributed by atoms with Crippen LogP contribution in [0.4, 0.5) is 8.78 Å². The number of hydrogen-bond acceptors (Lipinski definition) is 8. The van der Waals surface area contributed by atoms with E-state index in [-0.39, 0.29) is 46.5 Å². The number of aryl methyl sites for hydroxylation is 2. The van der Waals surface area contributed by atoms with E-state index in [2.05, 4.69) is 15.2 Å². The quantitative estimate of drug-likeness (QED) is 0.239. The van der Waals surface area contributed by atoms with Gasteiger partial charge in [0.1, 0.15) is 11.6 Å². The van der Waals surface area contributed by atoms with Crippen molar-refractivity contribution in [2.24, 2.45) is 0 Å². The van der Waals surface area contributed by atoms with Gasteiger partial charge < -0.3 is 13.7 Å². The fourth-order valence-electron chi connectivity index (χ4n) is 6.58. The third-order valence-electron chi connectivity index (χ3n) is 8.71. The molecule has 0 saturated carbocycles. The van der Waals surface area contributed by atoms with Crippen LogP contribution in [-0.2, 0) is 19.4 Å². The maximum Gasteiger partial charge on any atom is 0.434 e. The first-order valence-corrected chi connectivity index (χ1v) is 15.2. The third-order valence-corrected chi connectivity index (χ3v) is 8.91. The van der Waals surface area contributed by atoms with Crippen molar-refractivity contribution < 1.29 is 22.4 Å². The van der Waals surface area contributed by atoms with Gasteiger partial charge in [-0.3, -0.25) is 19.3 Å². The summed E-state index contributed by atoms with van der Waals surface area (Å²) in [4.78, 5) is 50.0. The van der Waals surface area contributed by atoms with Crippen LogP contribution in [0, 0.1) is 11.6 Å². The van der Waals surface area contributed by atoms with Gasteiger partial charge in [0.25, 0.3) is 11.8 Å². The van der Waals surface area contributed by atoms with Gasteiger partial charge in [0.2, 0.25) is 0 Å². The highest BCUT2D eigenvalue weighted by Crippen LogP contribution is 2.48. The van der Waals surface area contributed by atoms with Gasteiger partial charge in [-0.1, -0.05) is 29.8 Å². The highest BCUT2D eigenvalue weighted by molar-refractivity contribution is 6.30. The lowest BCUT2D eigenvalue weighted by Gasteiger charge is -2.17. The van der Waals surface area contributed by atoms with Crippen molar-refractivity contribution in [2.45, 2.75) is 38.3 Å². The third kappa shape index (κ3) is 4.94. The Morgan fingerprint density at radius 1 is 0.957 bits per heavy atom. The molecule has 2 aliphatic rings. The van der Waals surface area contributed by atoms with E-state index in [0.717, 1.165) is 24.5 Å². The Morgan fingerprint density at radius 3 is 2.55 bits per heavy atom. The summed E-state index contributed by atoms with van der Waals surface area (Å²) in [7, 11) is 0. The van der Waals surface area contributed by atoms with Gasteiger partial charge in [0, 0.05) is 18.3 Å². The summed E-state index contributed by atoms with van der Waals surface area (Å²) in [6.45, 7) is 0.369. The monoisotopic (exact) mass is 656 g/mol. The fourth-order valence-corrected chi connectivity index (χ4v) is 6.73. The van der Waals surface area contributed by atoms with Crippen molar-refractivity contribution in [1.29, 1.82) is 0 Å². The molecule has 2 aromatic carbocycles. The molecule has 0 radical (unpaired) electrons. The summed E-state index contributed by atoms with van der Waals surface area (Å²) in [6.07, 6.45) is 3.70. The van der Waals surface area contributed by atoms with Gasteiger partial charge >= 0.3 is 11.5 Å². The van der Waals surface area contributed by atoms with E-state index < -0.39 is 17.3 Å². The molecule has 1 N–H and O–H groups in total. The van der Waals surface area contributed by atoms with E-state index in [0.29, 0.717) is 58.5 Å². The molecule has 1 fully saturated rings. The van der Waals surface area contributed by atoms with Gasteiger partial charge in [-0.05, 0) is 67.1 Å². The number of benzene rings is 2. The number of carbonyl (C=O) groups is 1. The maximum atomic E-state index is 14.6. The number of aromatic nitrogens is 5. The maximum absolute atomic E-state index is 14.6. The molecule has 6 heterocycles. The number of fused-ring (bicyclic) bond motifs is 4. The molecule has 11 nitrogen and oxygen atoms in total. The molecule has 0 unspecified atom stereocenters. The molecular formula is C33H23ClF2N6O5. The first-order chi connectivity index (χ1) is 22.7.